The number of piperidine rings is 1. The lowest BCUT2D eigenvalue weighted by Gasteiger charge is -2.30. The van der Waals surface area contributed by atoms with Gasteiger partial charge in [0.15, 0.2) is 0 Å². The first kappa shape index (κ1) is 14.0. The van der Waals surface area contributed by atoms with Gasteiger partial charge >= 0.3 is 5.97 Å². The van der Waals surface area contributed by atoms with Gasteiger partial charge in [-0.15, -0.1) is 0 Å². The number of pyridine rings is 1. The lowest BCUT2D eigenvalue weighted by molar-refractivity contribution is -0.147. The van der Waals surface area contributed by atoms with Gasteiger partial charge in [-0.3, -0.25) is 14.7 Å². The number of rotatable bonds is 4. The van der Waals surface area contributed by atoms with Crippen LogP contribution in [0.1, 0.15) is 24.1 Å². The van der Waals surface area contributed by atoms with E-state index in [0.29, 0.717) is 6.54 Å². The molecule has 0 aromatic carbocycles. The summed E-state index contributed by atoms with van der Waals surface area (Å²) in [6.07, 6.45) is 3.56. The zero-order valence-electron chi connectivity index (χ0n) is 11.3. The third-order valence-electron chi connectivity index (χ3n) is 3.62. The molecule has 0 aliphatic carbocycles. The van der Waals surface area contributed by atoms with Crippen LogP contribution in [-0.4, -0.2) is 36.1 Å². The maximum Gasteiger partial charge on any atom is 0.308 e. The zero-order chi connectivity index (χ0) is 13.7. The van der Waals surface area contributed by atoms with Gasteiger partial charge in [-0.2, -0.15) is 0 Å². The molecule has 2 N–H and O–H groups in total. The van der Waals surface area contributed by atoms with E-state index in [1.54, 1.807) is 6.20 Å². The number of esters is 1. The second-order valence-corrected chi connectivity index (χ2v) is 4.93. The molecule has 1 aliphatic heterocycles. The quantitative estimate of drug-likeness (QED) is 0.818. The predicted molar refractivity (Wildman–Crippen MR) is 72.1 cm³/mol. The van der Waals surface area contributed by atoms with Gasteiger partial charge in [0.2, 0.25) is 0 Å². The van der Waals surface area contributed by atoms with Gasteiger partial charge < -0.3 is 10.5 Å². The van der Waals surface area contributed by atoms with Crippen molar-refractivity contribution in [2.75, 3.05) is 20.2 Å². The molecule has 0 atom stereocenters. The Balaban J connectivity index is 1.86. The van der Waals surface area contributed by atoms with E-state index in [-0.39, 0.29) is 11.9 Å². The minimum atomic E-state index is -0.0750. The molecule has 1 aliphatic rings. The number of likely N-dealkylation sites (tertiary alicyclic amines) is 1. The second-order valence-electron chi connectivity index (χ2n) is 4.93. The van der Waals surface area contributed by atoms with Crippen molar-refractivity contribution in [3.05, 3.63) is 29.6 Å². The molecule has 1 saturated heterocycles. The highest BCUT2D eigenvalue weighted by Crippen LogP contribution is 2.20. The molecule has 0 unspecified atom stereocenters. The van der Waals surface area contributed by atoms with Crippen LogP contribution in [0.3, 0.4) is 0 Å². The van der Waals surface area contributed by atoms with Crippen LogP contribution in [0.5, 0.6) is 0 Å². The Morgan fingerprint density at radius 3 is 2.89 bits per heavy atom. The van der Waals surface area contributed by atoms with Crippen molar-refractivity contribution in [2.45, 2.75) is 25.9 Å². The van der Waals surface area contributed by atoms with E-state index in [1.807, 2.05) is 12.1 Å². The fourth-order valence-electron chi connectivity index (χ4n) is 2.49. The van der Waals surface area contributed by atoms with Crippen molar-refractivity contribution < 1.29 is 9.53 Å². The number of hydrogen-bond acceptors (Lipinski definition) is 5. The van der Waals surface area contributed by atoms with Crippen LogP contribution in [0.15, 0.2) is 18.3 Å². The highest BCUT2D eigenvalue weighted by molar-refractivity contribution is 5.72. The molecule has 0 spiro atoms. The van der Waals surface area contributed by atoms with Crippen molar-refractivity contribution in [3.63, 3.8) is 0 Å². The molecule has 2 heterocycles. The first-order valence-corrected chi connectivity index (χ1v) is 6.67. The predicted octanol–water partition coefficient (Wildman–Crippen LogP) is 0.925. The molecule has 0 radical (unpaired) electrons. The van der Waals surface area contributed by atoms with Crippen LogP contribution >= 0.6 is 0 Å². The maximum absolute atomic E-state index is 11.5. The summed E-state index contributed by atoms with van der Waals surface area (Å²) in [6, 6.07) is 4.07. The molecule has 1 fully saturated rings. The summed E-state index contributed by atoms with van der Waals surface area (Å²) in [5.41, 5.74) is 7.74. The third-order valence-corrected chi connectivity index (χ3v) is 3.62. The molecule has 0 bridgehead atoms. The average molecular weight is 263 g/mol. The fraction of sp³-hybridized carbons (Fsp3) is 0.571. The van der Waals surface area contributed by atoms with Crippen LogP contribution in [0, 0.1) is 5.92 Å². The van der Waals surface area contributed by atoms with Crippen LogP contribution < -0.4 is 5.73 Å². The summed E-state index contributed by atoms with van der Waals surface area (Å²) in [7, 11) is 1.46. The molecular weight excluding hydrogens is 242 g/mol. The van der Waals surface area contributed by atoms with E-state index < -0.39 is 0 Å². The summed E-state index contributed by atoms with van der Waals surface area (Å²) in [5.74, 6) is -0.00716. The van der Waals surface area contributed by atoms with Crippen molar-refractivity contribution in [1.29, 1.82) is 0 Å². The van der Waals surface area contributed by atoms with Crippen LogP contribution in [0.2, 0.25) is 0 Å². The number of aromatic nitrogens is 1. The Kier molecular flexibility index (Phi) is 4.87. The van der Waals surface area contributed by atoms with E-state index in [9.17, 15) is 4.79 Å². The lowest BCUT2D eigenvalue weighted by Crippen LogP contribution is -2.36. The molecule has 2 rings (SSSR count). The summed E-state index contributed by atoms with van der Waals surface area (Å²) in [5, 5.41) is 0. The van der Waals surface area contributed by atoms with Crippen molar-refractivity contribution >= 4 is 5.97 Å². The summed E-state index contributed by atoms with van der Waals surface area (Å²) in [4.78, 5) is 18.0. The molecule has 5 heteroatoms. The lowest BCUT2D eigenvalue weighted by atomic mass is 9.97. The summed E-state index contributed by atoms with van der Waals surface area (Å²) in [6.45, 7) is 3.22. The van der Waals surface area contributed by atoms with Crippen molar-refractivity contribution in [2.24, 2.45) is 11.7 Å². The first-order chi connectivity index (χ1) is 9.22. The molecule has 19 heavy (non-hydrogen) atoms. The molecule has 0 saturated carbocycles. The van der Waals surface area contributed by atoms with Crippen molar-refractivity contribution in [1.82, 2.24) is 9.88 Å². The third kappa shape index (κ3) is 3.75. The number of carbonyl (C=O) groups excluding carboxylic acids is 1. The molecule has 0 amide bonds. The molecular formula is C14H21N3O2. The smallest absolute Gasteiger partial charge is 0.308 e. The zero-order valence-corrected chi connectivity index (χ0v) is 11.3. The number of hydrogen-bond donors (Lipinski definition) is 1. The molecule has 1 aromatic rings. The highest BCUT2D eigenvalue weighted by atomic mass is 16.5. The van der Waals surface area contributed by atoms with Crippen LogP contribution in [0.4, 0.5) is 0 Å². The number of methoxy groups -OCH3 is 1. The summed E-state index contributed by atoms with van der Waals surface area (Å²) < 4.78 is 4.79. The summed E-state index contributed by atoms with van der Waals surface area (Å²) >= 11 is 0. The van der Waals surface area contributed by atoms with E-state index in [1.165, 1.54) is 12.7 Å². The monoisotopic (exact) mass is 263 g/mol. The van der Waals surface area contributed by atoms with E-state index in [2.05, 4.69) is 9.88 Å². The number of ether oxygens (including phenoxy) is 1. The minimum absolute atomic E-state index is 0.0679. The van der Waals surface area contributed by atoms with E-state index in [4.69, 9.17) is 10.5 Å². The molecule has 5 nitrogen and oxygen atoms in total. The molecule has 1 aromatic heterocycles. The van der Waals surface area contributed by atoms with Gasteiger partial charge in [0, 0.05) is 19.3 Å². The van der Waals surface area contributed by atoms with Gasteiger partial charge in [-0.1, -0.05) is 0 Å². The Morgan fingerprint density at radius 1 is 1.53 bits per heavy atom. The second kappa shape index (κ2) is 6.63. The SMILES string of the molecule is COC(=O)C1CCN(Cc2ccnc(CN)c2)CC1. The highest BCUT2D eigenvalue weighted by Gasteiger charge is 2.25. The van der Waals surface area contributed by atoms with Gasteiger partial charge in [0.1, 0.15) is 0 Å². The normalized spacial score (nSPS) is 17.4. The fourth-order valence-corrected chi connectivity index (χ4v) is 2.49. The Morgan fingerprint density at radius 2 is 2.26 bits per heavy atom. The largest absolute Gasteiger partial charge is 0.469 e. The van der Waals surface area contributed by atoms with E-state index in [0.717, 1.165) is 38.2 Å². The van der Waals surface area contributed by atoms with Crippen LogP contribution in [0.25, 0.3) is 0 Å². The van der Waals surface area contributed by atoms with Gasteiger partial charge in [-0.25, -0.2) is 0 Å². The molecule has 104 valence electrons. The van der Waals surface area contributed by atoms with Gasteiger partial charge in [-0.05, 0) is 43.6 Å². The minimum Gasteiger partial charge on any atom is -0.469 e. The van der Waals surface area contributed by atoms with Gasteiger partial charge in [0.25, 0.3) is 0 Å². The Labute approximate surface area is 113 Å². The number of nitrogens with zero attached hydrogens (tertiary/aromatic N) is 2. The standard InChI is InChI=1S/C14H21N3O2/c1-19-14(18)12-3-6-17(7-4-12)10-11-2-5-16-13(8-11)9-15/h2,5,8,12H,3-4,6-7,9-10,15H2,1H3. The Hall–Kier alpha value is -1.46. The van der Waals surface area contributed by atoms with Gasteiger partial charge in [0.05, 0.1) is 18.7 Å². The van der Waals surface area contributed by atoms with E-state index >= 15 is 0 Å². The maximum atomic E-state index is 11.5. The number of nitrogens with two attached hydrogens (primary N) is 1. The Bertz CT molecular complexity index is 428. The average Bonchev–Trinajstić information content (AvgIpc) is 2.47. The van der Waals surface area contributed by atoms with Crippen LogP contribution in [-0.2, 0) is 22.6 Å². The number of carbonyl (C=O) groups is 1. The topological polar surface area (TPSA) is 68.5 Å². The van der Waals surface area contributed by atoms with Crippen molar-refractivity contribution in [3.8, 4) is 0 Å². The first-order valence-electron chi connectivity index (χ1n) is 6.67.